The summed E-state index contributed by atoms with van der Waals surface area (Å²) in [4.78, 5) is 0. The van der Waals surface area contributed by atoms with E-state index in [2.05, 4.69) is 56.0 Å². The lowest BCUT2D eigenvalue weighted by atomic mass is 10.1. The number of nitrogens with zero attached hydrogens (tertiary/aromatic N) is 2. The van der Waals surface area contributed by atoms with Crippen LogP contribution in [0, 0.1) is 0 Å². The molecule has 2 aromatic rings. The van der Waals surface area contributed by atoms with Crippen LogP contribution < -0.4 is 5.32 Å². The highest BCUT2D eigenvalue weighted by molar-refractivity contribution is 9.10. The van der Waals surface area contributed by atoms with Crippen LogP contribution in [0.4, 0.5) is 5.00 Å². The second-order valence-electron chi connectivity index (χ2n) is 3.44. The van der Waals surface area contributed by atoms with Crippen LogP contribution in [0.3, 0.4) is 0 Å². The average Bonchev–Trinajstić information content (AvgIpc) is 2.78. The van der Waals surface area contributed by atoms with Crippen molar-refractivity contribution in [1.82, 2.24) is 9.59 Å². The van der Waals surface area contributed by atoms with Crippen molar-refractivity contribution in [3.8, 4) is 0 Å². The minimum atomic E-state index is 0.305. The normalized spacial score (nSPS) is 12.4. The van der Waals surface area contributed by atoms with Gasteiger partial charge in [0.05, 0.1) is 12.2 Å². The largest absolute Gasteiger partial charge is 0.368 e. The molecule has 0 amide bonds. The maximum Gasteiger partial charge on any atom is 0.130 e. The molecule has 1 aromatic heterocycles. The molecule has 1 atom stereocenters. The monoisotopic (exact) mass is 297 g/mol. The lowest BCUT2D eigenvalue weighted by Gasteiger charge is -2.16. The molecule has 5 heteroatoms. The number of rotatable bonds is 4. The van der Waals surface area contributed by atoms with Gasteiger partial charge in [-0.25, -0.2) is 0 Å². The first-order valence-electron chi connectivity index (χ1n) is 5.09. The molecule has 0 fully saturated rings. The van der Waals surface area contributed by atoms with Crippen molar-refractivity contribution in [2.45, 2.75) is 19.4 Å². The number of anilines is 1. The van der Waals surface area contributed by atoms with E-state index in [1.165, 1.54) is 17.1 Å². The summed E-state index contributed by atoms with van der Waals surface area (Å²) in [5, 5.41) is 8.25. The van der Waals surface area contributed by atoms with E-state index in [1.807, 2.05) is 6.07 Å². The molecule has 1 heterocycles. The van der Waals surface area contributed by atoms with E-state index in [4.69, 9.17) is 0 Å². The van der Waals surface area contributed by atoms with E-state index in [9.17, 15) is 0 Å². The van der Waals surface area contributed by atoms with Gasteiger partial charge in [-0.05, 0) is 24.1 Å². The van der Waals surface area contributed by atoms with Crippen molar-refractivity contribution >= 4 is 32.5 Å². The molecular weight excluding hydrogens is 286 g/mol. The maximum absolute atomic E-state index is 3.84. The van der Waals surface area contributed by atoms with Gasteiger partial charge >= 0.3 is 0 Å². The molecule has 0 saturated heterocycles. The molecule has 1 unspecified atom stereocenters. The molecule has 1 N–H and O–H groups in total. The second-order valence-corrected chi connectivity index (χ2v) is 5.14. The molecule has 84 valence electrons. The average molecular weight is 298 g/mol. The van der Waals surface area contributed by atoms with Gasteiger partial charge in [-0.15, -0.1) is 5.10 Å². The van der Waals surface area contributed by atoms with Gasteiger partial charge in [0, 0.05) is 16.0 Å². The van der Waals surface area contributed by atoms with E-state index >= 15 is 0 Å². The number of hydrogen-bond acceptors (Lipinski definition) is 4. The fourth-order valence-corrected chi connectivity index (χ4v) is 2.44. The van der Waals surface area contributed by atoms with Crippen LogP contribution in [0.2, 0.25) is 0 Å². The van der Waals surface area contributed by atoms with Crippen molar-refractivity contribution in [2.75, 3.05) is 5.32 Å². The molecule has 0 spiro atoms. The van der Waals surface area contributed by atoms with Gasteiger partial charge in [0.2, 0.25) is 0 Å². The predicted octanol–water partition coefficient (Wildman–Crippen LogP) is 3.86. The number of nitrogens with one attached hydrogen (secondary N) is 1. The first-order valence-corrected chi connectivity index (χ1v) is 6.65. The van der Waals surface area contributed by atoms with Crippen molar-refractivity contribution in [3.05, 3.63) is 40.5 Å². The van der Waals surface area contributed by atoms with Gasteiger partial charge in [0.25, 0.3) is 0 Å². The van der Waals surface area contributed by atoms with Gasteiger partial charge in [-0.3, -0.25) is 0 Å². The van der Waals surface area contributed by atoms with Gasteiger partial charge in [0.15, 0.2) is 0 Å². The highest BCUT2D eigenvalue weighted by atomic mass is 79.9. The highest BCUT2D eigenvalue weighted by Crippen LogP contribution is 2.25. The van der Waals surface area contributed by atoms with Crippen LogP contribution in [0.5, 0.6) is 0 Å². The van der Waals surface area contributed by atoms with E-state index < -0.39 is 0 Å². The molecule has 0 aliphatic heterocycles. The lowest BCUT2D eigenvalue weighted by Crippen LogP contribution is -2.08. The standard InChI is InChI=1S/C11H12BrN3S/c1-2-10(14-11-7-13-15-16-11)8-4-3-5-9(12)6-8/h3-7,10,14H,2H2,1H3. The van der Waals surface area contributed by atoms with Crippen molar-refractivity contribution in [2.24, 2.45) is 0 Å². The molecule has 0 aliphatic rings. The van der Waals surface area contributed by atoms with Crippen LogP contribution in [-0.4, -0.2) is 9.59 Å². The molecule has 3 nitrogen and oxygen atoms in total. The Bertz CT molecular complexity index is 444. The summed E-state index contributed by atoms with van der Waals surface area (Å²) < 4.78 is 4.94. The van der Waals surface area contributed by atoms with Crippen molar-refractivity contribution in [1.29, 1.82) is 0 Å². The lowest BCUT2D eigenvalue weighted by molar-refractivity contribution is 0.751. The quantitative estimate of drug-likeness (QED) is 0.931. The summed E-state index contributed by atoms with van der Waals surface area (Å²) in [5.41, 5.74) is 1.27. The van der Waals surface area contributed by atoms with Gasteiger partial charge < -0.3 is 5.32 Å². The third-order valence-electron chi connectivity index (χ3n) is 2.34. The number of benzene rings is 1. The fourth-order valence-electron chi connectivity index (χ4n) is 1.55. The van der Waals surface area contributed by atoms with Gasteiger partial charge in [-0.1, -0.05) is 39.5 Å². The van der Waals surface area contributed by atoms with Crippen LogP contribution in [-0.2, 0) is 0 Å². The molecule has 2 rings (SSSR count). The Morgan fingerprint density at radius 1 is 1.50 bits per heavy atom. The highest BCUT2D eigenvalue weighted by Gasteiger charge is 2.10. The zero-order valence-electron chi connectivity index (χ0n) is 8.85. The molecule has 0 aliphatic carbocycles. The number of halogens is 1. The summed E-state index contributed by atoms with van der Waals surface area (Å²) >= 11 is 4.87. The minimum Gasteiger partial charge on any atom is -0.368 e. The van der Waals surface area contributed by atoms with Crippen molar-refractivity contribution in [3.63, 3.8) is 0 Å². The van der Waals surface area contributed by atoms with Gasteiger partial charge in [0.1, 0.15) is 5.00 Å². The molecule has 0 saturated carbocycles. The van der Waals surface area contributed by atoms with Crippen LogP contribution >= 0.6 is 27.5 Å². The summed E-state index contributed by atoms with van der Waals surface area (Å²) in [6, 6.07) is 8.65. The fraction of sp³-hybridized carbons (Fsp3) is 0.273. The second kappa shape index (κ2) is 5.41. The molecule has 0 radical (unpaired) electrons. The molecule has 0 bridgehead atoms. The van der Waals surface area contributed by atoms with E-state index in [-0.39, 0.29) is 0 Å². The topological polar surface area (TPSA) is 37.8 Å². The smallest absolute Gasteiger partial charge is 0.130 e. The SMILES string of the molecule is CCC(Nc1cnns1)c1cccc(Br)c1. The first kappa shape index (κ1) is 11.5. The Hall–Kier alpha value is -0.940. The molecule has 16 heavy (non-hydrogen) atoms. The Labute approximate surface area is 107 Å². The van der Waals surface area contributed by atoms with E-state index in [0.29, 0.717) is 6.04 Å². The molecule has 1 aromatic carbocycles. The Kier molecular flexibility index (Phi) is 3.90. The van der Waals surface area contributed by atoms with Crippen molar-refractivity contribution < 1.29 is 0 Å². The maximum atomic E-state index is 3.84. The third-order valence-corrected chi connectivity index (χ3v) is 3.43. The zero-order chi connectivity index (χ0) is 11.4. The first-order chi connectivity index (χ1) is 7.79. The summed E-state index contributed by atoms with van der Waals surface area (Å²) in [6.07, 6.45) is 2.78. The molecular formula is C11H12BrN3S. The van der Waals surface area contributed by atoms with E-state index in [0.717, 1.165) is 15.9 Å². The summed E-state index contributed by atoms with van der Waals surface area (Å²) in [7, 11) is 0. The van der Waals surface area contributed by atoms with Gasteiger partial charge in [-0.2, -0.15) is 0 Å². The third kappa shape index (κ3) is 2.80. The van der Waals surface area contributed by atoms with Crippen LogP contribution in [0.15, 0.2) is 34.9 Å². The Balaban J connectivity index is 2.16. The minimum absolute atomic E-state index is 0.305. The zero-order valence-corrected chi connectivity index (χ0v) is 11.3. The van der Waals surface area contributed by atoms with Crippen LogP contribution in [0.1, 0.15) is 24.9 Å². The summed E-state index contributed by atoms with van der Waals surface area (Å²) in [6.45, 7) is 2.16. The number of aromatic nitrogens is 2. The predicted molar refractivity (Wildman–Crippen MR) is 70.7 cm³/mol. The van der Waals surface area contributed by atoms with Crippen LogP contribution in [0.25, 0.3) is 0 Å². The van der Waals surface area contributed by atoms with E-state index in [1.54, 1.807) is 6.20 Å². The summed E-state index contributed by atoms with van der Waals surface area (Å²) in [5.74, 6) is 0. The Morgan fingerprint density at radius 3 is 3.00 bits per heavy atom. The number of hydrogen-bond donors (Lipinski definition) is 1. The Morgan fingerprint density at radius 2 is 2.38 bits per heavy atom.